The van der Waals surface area contributed by atoms with Gasteiger partial charge in [0.15, 0.2) is 5.65 Å². The second kappa shape index (κ2) is 8.09. The van der Waals surface area contributed by atoms with Crippen molar-refractivity contribution >= 4 is 34.2 Å². The molecule has 154 valence electrons. The zero-order chi connectivity index (χ0) is 22.1. The topological polar surface area (TPSA) is 92.8 Å². The van der Waals surface area contributed by atoms with Crippen molar-refractivity contribution in [3.05, 3.63) is 70.4 Å². The molecular weight excluding hydrogens is 414 g/mol. The number of nitriles is 1. The van der Waals surface area contributed by atoms with E-state index < -0.39 is 0 Å². The molecule has 0 aliphatic heterocycles. The summed E-state index contributed by atoms with van der Waals surface area (Å²) in [4.78, 5) is 18.1. The first-order valence-electron chi connectivity index (χ1n) is 9.41. The molecular formula is C23H18ClN5O2. The van der Waals surface area contributed by atoms with Crippen LogP contribution in [0.15, 0.2) is 48.5 Å². The Balaban J connectivity index is 1.87. The van der Waals surface area contributed by atoms with Crippen LogP contribution in [0.4, 0.5) is 5.69 Å². The van der Waals surface area contributed by atoms with Gasteiger partial charge in [0.05, 0.1) is 40.7 Å². The van der Waals surface area contributed by atoms with Crippen LogP contribution in [0.1, 0.15) is 21.6 Å². The predicted octanol–water partition coefficient (Wildman–Crippen LogP) is 4.73. The number of carbonyl (C=O) groups excluding carboxylic acids is 1. The van der Waals surface area contributed by atoms with E-state index in [1.54, 1.807) is 43.1 Å². The Hall–Kier alpha value is -3.89. The average Bonchev–Trinajstić information content (AvgIpc) is 3.06. The molecule has 2 aromatic carbocycles. The summed E-state index contributed by atoms with van der Waals surface area (Å²) in [6, 6.07) is 16.0. The van der Waals surface area contributed by atoms with Gasteiger partial charge in [0.2, 0.25) is 0 Å². The first-order valence-corrected chi connectivity index (χ1v) is 9.79. The minimum atomic E-state index is -0.383. The molecule has 0 aliphatic rings. The molecule has 0 radical (unpaired) electrons. The minimum Gasteiger partial charge on any atom is -0.497 e. The van der Waals surface area contributed by atoms with Crippen LogP contribution >= 0.6 is 11.6 Å². The van der Waals surface area contributed by atoms with Crippen molar-refractivity contribution in [2.24, 2.45) is 7.05 Å². The number of nitrogens with zero attached hydrogens (tertiary/aromatic N) is 4. The molecule has 2 heterocycles. The lowest BCUT2D eigenvalue weighted by molar-refractivity contribution is 0.102. The highest BCUT2D eigenvalue weighted by Crippen LogP contribution is 2.30. The first kappa shape index (κ1) is 20.4. The summed E-state index contributed by atoms with van der Waals surface area (Å²) in [6.45, 7) is 1.83. The standard InChI is InChI=1S/C23H18ClN5O2/c1-13-21-18(23(30)27-19-10-16(24)8-7-15(19)12-25)11-20(26-22(21)29(2)28-13)14-5-4-6-17(9-14)31-3/h4-11H,1-3H3,(H,27,30). The van der Waals surface area contributed by atoms with Crippen LogP contribution in [0.25, 0.3) is 22.3 Å². The highest BCUT2D eigenvalue weighted by molar-refractivity contribution is 6.31. The minimum absolute atomic E-state index is 0.318. The molecule has 0 saturated heterocycles. The van der Waals surface area contributed by atoms with E-state index in [0.29, 0.717) is 50.0 Å². The number of aromatic nitrogens is 3. The molecule has 2 aromatic heterocycles. The zero-order valence-electron chi connectivity index (χ0n) is 17.1. The normalized spacial score (nSPS) is 10.7. The van der Waals surface area contributed by atoms with Crippen molar-refractivity contribution in [3.63, 3.8) is 0 Å². The lowest BCUT2D eigenvalue weighted by Crippen LogP contribution is -2.14. The number of benzene rings is 2. The van der Waals surface area contributed by atoms with E-state index >= 15 is 0 Å². The van der Waals surface area contributed by atoms with Gasteiger partial charge in [-0.15, -0.1) is 0 Å². The van der Waals surface area contributed by atoms with Crippen LogP contribution in [0.3, 0.4) is 0 Å². The van der Waals surface area contributed by atoms with Gasteiger partial charge in [-0.1, -0.05) is 23.7 Å². The number of halogens is 1. The summed E-state index contributed by atoms with van der Waals surface area (Å²) in [5.74, 6) is 0.301. The van der Waals surface area contributed by atoms with Gasteiger partial charge < -0.3 is 10.1 Å². The van der Waals surface area contributed by atoms with Gasteiger partial charge >= 0.3 is 0 Å². The van der Waals surface area contributed by atoms with Crippen LogP contribution in [0, 0.1) is 18.3 Å². The third kappa shape index (κ3) is 3.81. The fraction of sp³-hybridized carbons (Fsp3) is 0.130. The molecule has 1 amide bonds. The Morgan fingerprint density at radius 2 is 2.03 bits per heavy atom. The molecule has 0 atom stereocenters. The molecule has 4 aromatic rings. The third-order valence-electron chi connectivity index (χ3n) is 4.93. The van der Waals surface area contributed by atoms with Crippen LogP contribution in [-0.4, -0.2) is 27.8 Å². The third-order valence-corrected chi connectivity index (χ3v) is 5.16. The Labute approximate surface area is 183 Å². The smallest absolute Gasteiger partial charge is 0.256 e. The quantitative estimate of drug-likeness (QED) is 0.504. The summed E-state index contributed by atoms with van der Waals surface area (Å²) in [5.41, 5.74) is 3.72. The number of hydrogen-bond donors (Lipinski definition) is 1. The van der Waals surface area contributed by atoms with E-state index in [2.05, 4.69) is 16.5 Å². The number of ether oxygens (including phenoxy) is 1. The van der Waals surface area contributed by atoms with Crippen molar-refractivity contribution in [1.29, 1.82) is 5.26 Å². The van der Waals surface area contributed by atoms with E-state index in [9.17, 15) is 10.1 Å². The largest absolute Gasteiger partial charge is 0.497 e. The molecule has 7 nitrogen and oxygen atoms in total. The summed E-state index contributed by atoms with van der Waals surface area (Å²) >= 11 is 6.06. The number of carbonyl (C=O) groups is 1. The van der Waals surface area contributed by atoms with E-state index in [0.717, 1.165) is 5.56 Å². The Morgan fingerprint density at radius 3 is 2.77 bits per heavy atom. The SMILES string of the molecule is COc1cccc(-c2cc(C(=O)Nc3cc(Cl)ccc3C#N)c3c(C)nn(C)c3n2)c1. The fourth-order valence-corrected chi connectivity index (χ4v) is 3.63. The molecule has 1 N–H and O–H groups in total. The number of amides is 1. The van der Waals surface area contributed by atoms with Gasteiger partial charge in [-0.2, -0.15) is 10.4 Å². The average molecular weight is 432 g/mol. The van der Waals surface area contributed by atoms with Gasteiger partial charge in [0, 0.05) is 17.6 Å². The van der Waals surface area contributed by atoms with Crippen LogP contribution in [-0.2, 0) is 7.05 Å². The molecule has 0 saturated carbocycles. The highest BCUT2D eigenvalue weighted by Gasteiger charge is 2.20. The van der Waals surface area contributed by atoms with Crippen LogP contribution in [0.2, 0.25) is 5.02 Å². The maximum atomic E-state index is 13.3. The monoisotopic (exact) mass is 431 g/mol. The lowest BCUT2D eigenvalue weighted by Gasteiger charge is -2.11. The second-order valence-electron chi connectivity index (χ2n) is 6.95. The van der Waals surface area contributed by atoms with E-state index in [4.69, 9.17) is 21.3 Å². The van der Waals surface area contributed by atoms with Crippen LogP contribution in [0.5, 0.6) is 5.75 Å². The van der Waals surface area contributed by atoms with Crippen molar-refractivity contribution in [3.8, 4) is 23.1 Å². The fourth-order valence-electron chi connectivity index (χ4n) is 3.46. The number of fused-ring (bicyclic) bond motifs is 1. The lowest BCUT2D eigenvalue weighted by atomic mass is 10.0. The van der Waals surface area contributed by atoms with Crippen molar-refractivity contribution in [1.82, 2.24) is 14.8 Å². The number of pyridine rings is 1. The molecule has 0 fully saturated rings. The van der Waals surface area contributed by atoms with Gasteiger partial charge in [0.1, 0.15) is 11.8 Å². The molecule has 4 rings (SSSR count). The number of aryl methyl sites for hydroxylation is 2. The molecule has 0 spiro atoms. The first-order chi connectivity index (χ1) is 14.9. The molecule has 31 heavy (non-hydrogen) atoms. The van der Waals surface area contributed by atoms with Gasteiger partial charge in [-0.05, 0) is 43.3 Å². The number of nitrogens with one attached hydrogen (secondary N) is 1. The molecule has 0 unspecified atom stereocenters. The maximum absolute atomic E-state index is 13.3. The summed E-state index contributed by atoms with van der Waals surface area (Å²) < 4.78 is 6.96. The van der Waals surface area contributed by atoms with Crippen molar-refractivity contribution < 1.29 is 9.53 Å². The van der Waals surface area contributed by atoms with E-state index in [1.807, 2.05) is 31.2 Å². The summed E-state index contributed by atoms with van der Waals surface area (Å²) in [5, 5.41) is 17.7. The van der Waals surface area contributed by atoms with Gasteiger partial charge in [-0.25, -0.2) is 4.98 Å². The number of methoxy groups -OCH3 is 1. The Kier molecular flexibility index (Phi) is 5.32. The van der Waals surface area contributed by atoms with Gasteiger partial charge in [0.25, 0.3) is 5.91 Å². The highest BCUT2D eigenvalue weighted by atomic mass is 35.5. The van der Waals surface area contributed by atoms with E-state index in [1.165, 1.54) is 0 Å². The van der Waals surface area contributed by atoms with E-state index in [-0.39, 0.29) is 5.91 Å². The van der Waals surface area contributed by atoms with Crippen molar-refractivity contribution in [2.45, 2.75) is 6.92 Å². The maximum Gasteiger partial charge on any atom is 0.256 e. The molecule has 0 aliphatic carbocycles. The Morgan fingerprint density at radius 1 is 1.23 bits per heavy atom. The zero-order valence-corrected chi connectivity index (χ0v) is 17.9. The van der Waals surface area contributed by atoms with Crippen LogP contribution < -0.4 is 10.1 Å². The molecule has 8 heteroatoms. The second-order valence-corrected chi connectivity index (χ2v) is 7.39. The number of anilines is 1. The van der Waals surface area contributed by atoms with Gasteiger partial charge in [-0.3, -0.25) is 9.48 Å². The summed E-state index contributed by atoms with van der Waals surface area (Å²) in [7, 11) is 3.38. The predicted molar refractivity (Wildman–Crippen MR) is 119 cm³/mol. The summed E-state index contributed by atoms with van der Waals surface area (Å²) in [6.07, 6.45) is 0. The molecule has 0 bridgehead atoms. The van der Waals surface area contributed by atoms with Crippen molar-refractivity contribution in [2.75, 3.05) is 12.4 Å². The number of hydrogen-bond acceptors (Lipinski definition) is 5. The Bertz CT molecular complexity index is 1370. The number of rotatable bonds is 4.